The lowest BCUT2D eigenvalue weighted by molar-refractivity contribution is -0.384. The number of non-ortho nitro benzene ring substituents is 1. The maximum atomic E-state index is 11.8. The van der Waals surface area contributed by atoms with Crippen molar-refractivity contribution < 1.29 is 27.1 Å². The fraction of sp³-hybridized carbons (Fsp3) is 0.125. The van der Waals surface area contributed by atoms with Crippen molar-refractivity contribution in [3.63, 3.8) is 0 Å². The Morgan fingerprint density at radius 3 is 2.17 bits per heavy atom. The van der Waals surface area contributed by atoms with Gasteiger partial charge in [-0.2, -0.15) is 23.8 Å². The van der Waals surface area contributed by atoms with Crippen LogP contribution in [0.5, 0.6) is 0 Å². The second-order valence-corrected chi connectivity index (χ2v) is 4.05. The fourth-order valence-electron chi connectivity index (χ4n) is 0.864. The lowest BCUT2D eigenvalue weighted by atomic mass is 10.3. The van der Waals surface area contributed by atoms with Crippen molar-refractivity contribution in [2.24, 2.45) is 4.36 Å². The topological polar surface area (TPSA) is 89.6 Å². The summed E-state index contributed by atoms with van der Waals surface area (Å²) in [5.74, 6) is -2.47. The van der Waals surface area contributed by atoms with Gasteiger partial charge in [-0.1, -0.05) is 17.0 Å². The summed E-state index contributed by atoms with van der Waals surface area (Å²) in [6, 6.07) is 3.81. The van der Waals surface area contributed by atoms with Gasteiger partial charge in [0, 0.05) is 12.1 Å². The molecule has 0 aromatic heterocycles. The summed E-state index contributed by atoms with van der Waals surface area (Å²) in [6.45, 7) is 0. The highest BCUT2D eigenvalue weighted by atomic mass is 32.2. The molecule has 1 aromatic carbocycles. The number of nitro benzene ring substituents is 1. The van der Waals surface area contributed by atoms with Crippen LogP contribution in [-0.4, -0.2) is 17.0 Å². The zero-order chi connectivity index (χ0) is 13.9. The molecular formula is C8H4F3N2O4S-. The molecule has 0 N–H and O–H groups in total. The van der Waals surface area contributed by atoms with E-state index in [9.17, 15) is 32.3 Å². The minimum atomic E-state index is -5.20. The number of halogens is 3. The number of rotatable bonds is 2. The third-order valence-corrected chi connectivity index (χ3v) is 2.66. The molecule has 0 unspecified atom stereocenters. The van der Waals surface area contributed by atoms with Crippen molar-refractivity contribution in [1.82, 2.24) is 0 Å². The van der Waals surface area contributed by atoms with Gasteiger partial charge in [0.05, 0.1) is 4.92 Å². The monoisotopic (exact) mass is 281 g/mol. The SMILES string of the molecule is O=C(N=[S-](=O)c1ccc([N+](=O)[O-])cc1)C(F)(F)F. The molecule has 6 nitrogen and oxygen atoms in total. The summed E-state index contributed by atoms with van der Waals surface area (Å²) in [4.78, 5) is 19.8. The highest BCUT2D eigenvalue weighted by molar-refractivity contribution is 7.75. The molecular weight excluding hydrogens is 277 g/mol. The maximum absolute atomic E-state index is 11.8. The minimum Gasteiger partial charge on any atom is -0.440 e. The molecule has 0 bridgehead atoms. The Bertz CT molecular complexity index is 561. The van der Waals surface area contributed by atoms with E-state index in [4.69, 9.17) is 0 Å². The molecule has 0 aliphatic carbocycles. The lowest BCUT2D eigenvalue weighted by Crippen LogP contribution is -2.20. The first-order chi connectivity index (χ1) is 8.21. The van der Waals surface area contributed by atoms with Gasteiger partial charge in [0.15, 0.2) is 0 Å². The summed E-state index contributed by atoms with van der Waals surface area (Å²) < 4.78 is 49.2. The van der Waals surface area contributed by atoms with Gasteiger partial charge in [-0.15, -0.1) is 0 Å². The van der Waals surface area contributed by atoms with E-state index in [1.807, 2.05) is 0 Å². The number of nitrogens with zero attached hydrogens (tertiary/aromatic N) is 2. The van der Waals surface area contributed by atoms with Crippen molar-refractivity contribution in [3.05, 3.63) is 34.4 Å². The molecule has 1 amide bonds. The fourth-order valence-corrected chi connectivity index (χ4v) is 1.59. The molecule has 0 spiro atoms. The number of benzene rings is 1. The number of carbonyl (C=O) groups is 1. The van der Waals surface area contributed by atoms with E-state index < -0.39 is 27.6 Å². The first-order valence-corrected chi connectivity index (χ1v) is 5.31. The van der Waals surface area contributed by atoms with Crippen LogP contribution in [0, 0.1) is 10.1 Å². The number of carbonyl (C=O) groups excluding carboxylic acids is 1. The summed E-state index contributed by atoms with van der Waals surface area (Å²) in [5, 5.41) is 10.3. The number of nitro groups is 1. The van der Waals surface area contributed by atoms with E-state index in [2.05, 4.69) is 4.36 Å². The van der Waals surface area contributed by atoms with E-state index in [1.54, 1.807) is 0 Å². The van der Waals surface area contributed by atoms with Gasteiger partial charge in [0.1, 0.15) is 0 Å². The lowest BCUT2D eigenvalue weighted by Gasteiger charge is -2.06. The second-order valence-electron chi connectivity index (χ2n) is 2.89. The van der Waals surface area contributed by atoms with E-state index in [1.165, 1.54) is 0 Å². The molecule has 0 heterocycles. The zero-order valence-electron chi connectivity index (χ0n) is 8.38. The van der Waals surface area contributed by atoms with Crippen LogP contribution >= 0.6 is 0 Å². The Hall–Kier alpha value is -1.97. The Labute approximate surface area is 99.8 Å². The number of hydrogen-bond donors (Lipinski definition) is 0. The quantitative estimate of drug-likeness (QED) is 0.472. The van der Waals surface area contributed by atoms with Crippen LogP contribution in [0.1, 0.15) is 0 Å². The molecule has 0 saturated carbocycles. The number of hydrogen-bond acceptors (Lipinski definition) is 5. The second kappa shape index (κ2) is 5.12. The molecule has 0 aliphatic heterocycles. The molecule has 98 valence electrons. The van der Waals surface area contributed by atoms with Crippen molar-refractivity contribution in [3.8, 4) is 0 Å². The molecule has 18 heavy (non-hydrogen) atoms. The van der Waals surface area contributed by atoms with Crippen molar-refractivity contribution in [2.45, 2.75) is 11.1 Å². The van der Waals surface area contributed by atoms with Crippen LogP contribution in [0.2, 0.25) is 0 Å². The average molecular weight is 281 g/mol. The van der Waals surface area contributed by atoms with Crippen LogP contribution in [-0.2, 0) is 19.6 Å². The van der Waals surface area contributed by atoms with E-state index >= 15 is 0 Å². The van der Waals surface area contributed by atoms with Crippen LogP contribution < -0.4 is 0 Å². The Kier molecular flexibility index (Phi) is 4.01. The van der Waals surface area contributed by atoms with Gasteiger partial charge < -0.3 is 8.57 Å². The smallest absolute Gasteiger partial charge is 0.440 e. The van der Waals surface area contributed by atoms with Crippen molar-refractivity contribution in [1.29, 1.82) is 0 Å². The molecule has 0 fully saturated rings. The third-order valence-electron chi connectivity index (χ3n) is 1.66. The molecule has 1 rings (SSSR count). The van der Waals surface area contributed by atoms with Crippen LogP contribution in [0.3, 0.4) is 0 Å². The molecule has 0 radical (unpaired) electrons. The van der Waals surface area contributed by atoms with Crippen LogP contribution in [0.25, 0.3) is 0 Å². The zero-order valence-corrected chi connectivity index (χ0v) is 9.20. The largest absolute Gasteiger partial charge is 0.471 e. The first kappa shape index (κ1) is 14.1. The summed E-state index contributed by atoms with van der Waals surface area (Å²) >= 11 is 0. The Morgan fingerprint density at radius 1 is 1.28 bits per heavy atom. The van der Waals surface area contributed by atoms with Gasteiger partial charge in [0.2, 0.25) is 0 Å². The van der Waals surface area contributed by atoms with E-state index in [-0.39, 0.29) is 10.6 Å². The number of alkyl halides is 3. The van der Waals surface area contributed by atoms with E-state index in [0.717, 1.165) is 24.3 Å². The first-order valence-electron chi connectivity index (χ1n) is 4.21. The predicted octanol–water partition coefficient (Wildman–Crippen LogP) is 2.19. The Morgan fingerprint density at radius 2 is 1.78 bits per heavy atom. The van der Waals surface area contributed by atoms with Crippen LogP contribution in [0.15, 0.2) is 33.5 Å². The molecule has 0 atom stereocenters. The molecule has 10 heteroatoms. The normalized spacial score (nSPS) is 13.3. The third kappa shape index (κ3) is 3.52. The highest BCUT2D eigenvalue weighted by Crippen LogP contribution is 2.18. The van der Waals surface area contributed by atoms with Gasteiger partial charge in [-0.05, 0) is 0 Å². The van der Waals surface area contributed by atoms with E-state index in [0.29, 0.717) is 0 Å². The van der Waals surface area contributed by atoms with Crippen molar-refractivity contribution >= 4 is 22.2 Å². The average Bonchev–Trinajstić information content (AvgIpc) is 2.27. The highest BCUT2D eigenvalue weighted by Gasteiger charge is 2.36. The molecule has 1 aromatic rings. The van der Waals surface area contributed by atoms with Crippen molar-refractivity contribution in [2.75, 3.05) is 0 Å². The van der Waals surface area contributed by atoms with Gasteiger partial charge >= 0.3 is 12.1 Å². The van der Waals surface area contributed by atoms with Crippen LogP contribution in [0.4, 0.5) is 18.9 Å². The van der Waals surface area contributed by atoms with Gasteiger partial charge in [0.25, 0.3) is 5.69 Å². The molecule has 0 saturated heterocycles. The maximum Gasteiger partial charge on any atom is 0.471 e. The summed E-state index contributed by atoms with van der Waals surface area (Å²) in [5.41, 5.74) is -0.321. The Balaban J connectivity index is 3.02. The standard InChI is InChI=1S/C8H4F3N2O4S/c9-8(10,11)7(14)12-18(17)6-3-1-5(2-4-6)13(15)16/h1-4H/q-1. The predicted molar refractivity (Wildman–Crippen MR) is 52.9 cm³/mol. The molecule has 0 aliphatic rings. The summed E-state index contributed by atoms with van der Waals surface area (Å²) in [6.07, 6.45) is -5.20. The summed E-state index contributed by atoms with van der Waals surface area (Å²) in [7, 11) is -2.55. The van der Waals surface area contributed by atoms with Gasteiger partial charge in [-0.25, -0.2) is 0 Å². The minimum absolute atomic E-state index is 0.238. The van der Waals surface area contributed by atoms with Gasteiger partial charge in [-0.3, -0.25) is 14.9 Å². The number of amides is 1.